The van der Waals surface area contributed by atoms with Crippen molar-refractivity contribution in [2.24, 2.45) is 5.73 Å². The van der Waals surface area contributed by atoms with Gasteiger partial charge in [-0.25, -0.2) is 8.78 Å². The second-order valence-electron chi connectivity index (χ2n) is 6.37. The molecule has 2 aromatic rings. The molecule has 3 atom stereocenters. The van der Waals surface area contributed by atoms with E-state index in [-0.39, 0.29) is 16.6 Å². The number of rotatable bonds is 2. The van der Waals surface area contributed by atoms with E-state index >= 15 is 0 Å². The molecule has 2 aliphatic rings. The average Bonchev–Trinajstić information content (AvgIpc) is 3.13. The maximum atomic E-state index is 14.1. The van der Waals surface area contributed by atoms with Gasteiger partial charge in [-0.3, -0.25) is 10.00 Å². The molecular weight excluding hydrogens is 338 g/mol. The Kier molecular flexibility index (Phi) is 4.04. The van der Waals surface area contributed by atoms with Gasteiger partial charge in [-0.05, 0) is 18.6 Å². The summed E-state index contributed by atoms with van der Waals surface area (Å²) in [4.78, 5) is 2.26. The topological polar surface area (TPSA) is 67.2 Å². The van der Waals surface area contributed by atoms with Crippen molar-refractivity contribution in [3.05, 3.63) is 51.8 Å². The van der Waals surface area contributed by atoms with E-state index in [0.717, 1.165) is 30.9 Å². The molecule has 0 spiro atoms. The first kappa shape index (κ1) is 16.0. The van der Waals surface area contributed by atoms with Crippen LogP contribution in [0.15, 0.2) is 18.3 Å². The largest absolute Gasteiger partial charge is 0.370 e. The Balaban J connectivity index is 1.47. The molecule has 1 aromatic heterocycles. The monoisotopic (exact) mass is 354 g/mol. The van der Waals surface area contributed by atoms with Crippen LogP contribution in [-0.4, -0.2) is 33.8 Å². The normalized spacial score (nSPS) is 27.4. The fourth-order valence-corrected chi connectivity index (χ4v) is 3.67. The summed E-state index contributed by atoms with van der Waals surface area (Å²) in [5, 5.41) is 6.76. The van der Waals surface area contributed by atoms with E-state index < -0.39 is 23.8 Å². The van der Waals surface area contributed by atoms with Crippen LogP contribution in [0.4, 0.5) is 8.78 Å². The fraction of sp³-hybridized carbons (Fsp3) is 0.438. The molecule has 4 rings (SSSR count). The summed E-state index contributed by atoms with van der Waals surface area (Å²) in [7, 11) is 0. The van der Waals surface area contributed by atoms with Crippen LogP contribution in [0.5, 0.6) is 0 Å². The Morgan fingerprint density at radius 2 is 2.12 bits per heavy atom. The van der Waals surface area contributed by atoms with Gasteiger partial charge in [0.05, 0.1) is 23.5 Å². The van der Waals surface area contributed by atoms with Crippen LogP contribution in [0.25, 0.3) is 0 Å². The molecule has 1 fully saturated rings. The lowest BCUT2D eigenvalue weighted by Crippen LogP contribution is -2.47. The predicted molar refractivity (Wildman–Crippen MR) is 84.3 cm³/mol. The van der Waals surface area contributed by atoms with Crippen molar-refractivity contribution >= 4 is 11.6 Å². The van der Waals surface area contributed by atoms with Gasteiger partial charge in [-0.15, -0.1) is 0 Å². The van der Waals surface area contributed by atoms with Crippen LogP contribution >= 0.6 is 11.6 Å². The third kappa shape index (κ3) is 2.71. The molecule has 128 valence electrons. The summed E-state index contributed by atoms with van der Waals surface area (Å²) in [5.41, 5.74) is 8.62. The quantitative estimate of drug-likeness (QED) is 0.813. The van der Waals surface area contributed by atoms with Gasteiger partial charge in [0.15, 0.2) is 0 Å². The number of benzene rings is 1. The van der Waals surface area contributed by atoms with E-state index in [1.807, 2.05) is 6.20 Å². The second kappa shape index (κ2) is 6.07. The number of fused-ring (bicyclic) bond motifs is 1. The van der Waals surface area contributed by atoms with Gasteiger partial charge in [0, 0.05) is 36.3 Å². The molecule has 1 saturated heterocycles. The molecule has 3 N–H and O–H groups in total. The molecule has 0 amide bonds. The van der Waals surface area contributed by atoms with E-state index in [2.05, 4.69) is 15.1 Å². The van der Waals surface area contributed by atoms with Gasteiger partial charge in [-0.1, -0.05) is 11.6 Å². The zero-order chi connectivity index (χ0) is 16.8. The number of H-pyrrole nitrogens is 1. The maximum Gasteiger partial charge on any atom is 0.142 e. The molecule has 3 heterocycles. The van der Waals surface area contributed by atoms with E-state index in [9.17, 15) is 8.78 Å². The molecule has 5 nitrogen and oxygen atoms in total. The van der Waals surface area contributed by atoms with Crippen molar-refractivity contribution in [3.63, 3.8) is 0 Å². The number of nitrogens with zero attached hydrogens (tertiary/aromatic N) is 2. The standard InChI is InChI=1S/C16H17ClF2N4O/c17-11-3-12(18)10(2-13(11)19)16-14(20)1-9(7-24-16)23-5-8-4-21-22-15(8)6-23/h2-4,9,14,16H,1,5-7,20H2,(H,21,22)/t9-,14+,16-/m1/s1. The number of ether oxygens (including phenoxy) is 1. The van der Waals surface area contributed by atoms with Gasteiger partial charge in [-0.2, -0.15) is 5.10 Å². The molecule has 2 aliphatic heterocycles. The average molecular weight is 355 g/mol. The first-order valence-electron chi connectivity index (χ1n) is 7.79. The number of aromatic nitrogens is 2. The van der Waals surface area contributed by atoms with Gasteiger partial charge >= 0.3 is 0 Å². The number of halogens is 3. The van der Waals surface area contributed by atoms with E-state index in [1.54, 1.807) is 0 Å². The summed E-state index contributed by atoms with van der Waals surface area (Å²) < 4.78 is 33.6. The summed E-state index contributed by atoms with van der Waals surface area (Å²) in [6.45, 7) is 1.98. The van der Waals surface area contributed by atoms with Crippen LogP contribution in [0, 0.1) is 11.6 Å². The Morgan fingerprint density at radius 3 is 2.88 bits per heavy atom. The van der Waals surface area contributed by atoms with Crippen LogP contribution in [-0.2, 0) is 17.8 Å². The summed E-state index contributed by atoms with van der Waals surface area (Å²) in [5.74, 6) is -1.26. The lowest BCUT2D eigenvalue weighted by molar-refractivity contribution is -0.0533. The third-order valence-electron chi connectivity index (χ3n) is 4.81. The number of nitrogens with two attached hydrogens (primary N) is 1. The van der Waals surface area contributed by atoms with Crippen LogP contribution in [0.1, 0.15) is 29.3 Å². The lowest BCUT2D eigenvalue weighted by atomic mass is 9.93. The van der Waals surface area contributed by atoms with Gasteiger partial charge < -0.3 is 10.5 Å². The van der Waals surface area contributed by atoms with Crippen molar-refractivity contribution in [3.8, 4) is 0 Å². The van der Waals surface area contributed by atoms with Crippen molar-refractivity contribution in [1.29, 1.82) is 0 Å². The maximum absolute atomic E-state index is 14.1. The van der Waals surface area contributed by atoms with Gasteiger partial charge in [0.1, 0.15) is 17.7 Å². The van der Waals surface area contributed by atoms with Crippen molar-refractivity contribution < 1.29 is 13.5 Å². The zero-order valence-corrected chi connectivity index (χ0v) is 13.6. The molecule has 0 saturated carbocycles. The van der Waals surface area contributed by atoms with Crippen LogP contribution < -0.4 is 5.73 Å². The first-order chi connectivity index (χ1) is 11.5. The summed E-state index contributed by atoms with van der Waals surface area (Å²) >= 11 is 5.60. The van der Waals surface area contributed by atoms with E-state index in [0.29, 0.717) is 13.0 Å². The molecule has 24 heavy (non-hydrogen) atoms. The van der Waals surface area contributed by atoms with Crippen molar-refractivity contribution in [2.75, 3.05) is 6.61 Å². The summed E-state index contributed by atoms with van der Waals surface area (Å²) in [6.07, 6.45) is 1.80. The zero-order valence-electron chi connectivity index (χ0n) is 12.8. The highest BCUT2D eigenvalue weighted by Crippen LogP contribution is 2.34. The van der Waals surface area contributed by atoms with Gasteiger partial charge in [0.2, 0.25) is 0 Å². The molecule has 8 heteroatoms. The first-order valence-corrected chi connectivity index (χ1v) is 8.17. The number of nitrogens with one attached hydrogen (secondary N) is 1. The molecule has 0 bridgehead atoms. The van der Waals surface area contributed by atoms with Gasteiger partial charge in [0.25, 0.3) is 0 Å². The van der Waals surface area contributed by atoms with Crippen molar-refractivity contribution in [2.45, 2.75) is 37.7 Å². The predicted octanol–water partition coefficient (Wildman–Crippen LogP) is 2.51. The molecule has 1 aromatic carbocycles. The van der Waals surface area contributed by atoms with Crippen LogP contribution in [0.3, 0.4) is 0 Å². The molecular formula is C16H17ClF2N4O. The highest BCUT2D eigenvalue weighted by molar-refractivity contribution is 6.30. The number of hydrogen-bond donors (Lipinski definition) is 2. The highest BCUT2D eigenvalue weighted by Gasteiger charge is 2.36. The van der Waals surface area contributed by atoms with Crippen LogP contribution in [0.2, 0.25) is 5.02 Å². The lowest BCUT2D eigenvalue weighted by Gasteiger charge is -2.38. The third-order valence-corrected chi connectivity index (χ3v) is 5.10. The summed E-state index contributed by atoms with van der Waals surface area (Å²) in [6, 6.07) is 1.76. The Hall–Kier alpha value is -1.54. The molecule has 0 unspecified atom stereocenters. The fourth-order valence-electron chi connectivity index (χ4n) is 3.52. The molecule has 0 radical (unpaired) electrons. The van der Waals surface area contributed by atoms with E-state index in [1.165, 1.54) is 5.56 Å². The minimum absolute atomic E-state index is 0.124. The SMILES string of the molecule is N[C@H]1C[C@@H](N2Cc3cn[nH]c3C2)CO[C@@H]1c1cc(F)c(Cl)cc1F. The Labute approximate surface area is 142 Å². The number of hydrogen-bond acceptors (Lipinski definition) is 4. The van der Waals surface area contributed by atoms with Crippen molar-refractivity contribution in [1.82, 2.24) is 15.1 Å². The highest BCUT2D eigenvalue weighted by atomic mass is 35.5. The minimum atomic E-state index is -0.671. The van der Waals surface area contributed by atoms with E-state index in [4.69, 9.17) is 22.1 Å². The molecule has 0 aliphatic carbocycles. The number of aromatic amines is 1. The minimum Gasteiger partial charge on any atom is -0.370 e. The Bertz CT molecular complexity index is 748. The Morgan fingerprint density at radius 1 is 1.29 bits per heavy atom. The smallest absolute Gasteiger partial charge is 0.142 e. The second-order valence-corrected chi connectivity index (χ2v) is 6.78.